The Morgan fingerprint density at radius 2 is 2.17 bits per heavy atom. The second kappa shape index (κ2) is 5.27. The molecule has 0 aliphatic rings. The van der Waals surface area contributed by atoms with Gasteiger partial charge in [0.05, 0.1) is 11.9 Å². The highest BCUT2D eigenvalue weighted by atomic mass is 16.4. The van der Waals surface area contributed by atoms with Crippen LogP contribution < -0.4 is 5.32 Å². The van der Waals surface area contributed by atoms with Gasteiger partial charge in [0.2, 0.25) is 0 Å². The Morgan fingerprint density at radius 1 is 1.33 bits per heavy atom. The Morgan fingerprint density at radius 3 is 2.78 bits per heavy atom. The number of carbonyl (C=O) groups is 1. The van der Waals surface area contributed by atoms with Gasteiger partial charge in [-0.3, -0.25) is 4.98 Å². The van der Waals surface area contributed by atoms with Gasteiger partial charge in [0, 0.05) is 18.9 Å². The highest BCUT2D eigenvalue weighted by Crippen LogP contribution is 2.10. The smallest absolute Gasteiger partial charge is 0.354 e. The van der Waals surface area contributed by atoms with Crippen LogP contribution in [-0.2, 0) is 6.54 Å². The Kier molecular flexibility index (Phi) is 3.52. The zero-order valence-electron chi connectivity index (χ0n) is 9.92. The summed E-state index contributed by atoms with van der Waals surface area (Å²) in [5.74, 6) is -1.02. The summed E-state index contributed by atoms with van der Waals surface area (Å²) in [6, 6.07) is 5.12. The molecule has 2 heterocycles. The van der Waals surface area contributed by atoms with Gasteiger partial charge < -0.3 is 10.4 Å². The predicted octanol–water partition coefficient (Wildman–Crippen LogP) is 2.10. The van der Waals surface area contributed by atoms with E-state index in [0.29, 0.717) is 6.54 Å². The molecule has 0 unspecified atom stereocenters. The van der Waals surface area contributed by atoms with E-state index in [1.54, 1.807) is 12.3 Å². The summed E-state index contributed by atoms with van der Waals surface area (Å²) in [6.45, 7) is 2.65. The zero-order valence-corrected chi connectivity index (χ0v) is 9.92. The number of carboxylic acids is 1. The number of aromatic carboxylic acids is 1. The standard InChI is InChI=1S/C13H13N3O2/c1-9-6-14-5-4-10(9)7-15-11-2-3-12(13(17)18)16-8-11/h2-6,8,15H,7H2,1H3,(H,17,18). The minimum Gasteiger partial charge on any atom is -0.477 e. The van der Waals surface area contributed by atoms with Gasteiger partial charge in [-0.05, 0) is 36.2 Å². The third-order valence-corrected chi connectivity index (χ3v) is 2.60. The van der Waals surface area contributed by atoms with Gasteiger partial charge in [-0.15, -0.1) is 0 Å². The quantitative estimate of drug-likeness (QED) is 0.860. The molecule has 0 saturated carbocycles. The van der Waals surface area contributed by atoms with Crippen molar-refractivity contribution < 1.29 is 9.90 Å². The summed E-state index contributed by atoms with van der Waals surface area (Å²) in [6.07, 6.45) is 5.07. The van der Waals surface area contributed by atoms with Crippen LogP contribution in [0.4, 0.5) is 5.69 Å². The molecule has 0 aliphatic heterocycles. The number of aryl methyl sites for hydroxylation is 1. The van der Waals surface area contributed by atoms with E-state index in [4.69, 9.17) is 5.11 Å². The number of carboxylic acid groups (broad SMARTS) is 1. The number of pyridine rings is 2. The van der Waals surface area contributed by atoms with Gasteiger partial charge in [-0.1, -0.05) is 0 Å². The lowest BCUT2D eigenvalue weighted by Crippen LogP contribution is -2.04. The van der Waals surface area contributed by atoms with Crippen LogP contribution in [0.25, 0.3) is 0 Å². The van der Waals surface area contributed by atoms with E-state index in [0.717, 1.165) is 16.8 Å². The van der Waals surface area contributed by atoms with E-state index in [1.807, 2.05) is 19.2 Å². The monoisotopic (exact) mass is 243 g/mol. The van der Waals surface area contributed by atoms with Crippen molar-refractivity contribution in [2.75, 3.05) is 5.32 Å². The van der Waals surface area contributed by atoms with Crippen LogP contribution >= 0.6 is 0 Å². The number of nitrogens with one attached hydrogen (secondary N) is 1. The van der Waals surface area contributed by atoms with Crippen LogP contribution in [-0.4, -0.2) is 21.0 Å². The second-order valence-corrected chi connectivity index (χ2v) is 3.89. The topological polar surface area (TPSA) is 75.1 Å². The minimum absolute atomic E-state index is 0.0423. The summed E-state index contributed by atoms with van der Waals surface area (Å²) < 4.78 is 0. The molecule has 2 N–H and O–H groups in total. The summed E-state index contributed by atoms with van der Waals surface area (Å²) >= 11 is 0. The molecule has 0 bridgehead atoms. The first kappa shape index (κ1) is 12.0. The maximum atomic E-state index is 10.6. The van der Waals surface area contributed by atoms with Gasteiger partial charge in [0.15, 0.2) is 0 Å². The van der Waals surface area contributed by atoms with Crippen LogP contribution in [0.2, 0.25) is 0 Å². The molecule has 0 atom stereocenters. The lowest BCUT2D eigenvalue weighted by molar-refractivity contribution is 0.0690. The molecule has 5 nitrogen and oxygen atoms in total. The summed E-state index contributed by atoms with van der Waals surface area (Å²) in [5.41, 5.74) is 3.09. The molecular formula is C13H13N3O2. The fourth-order valence-electron chi connectivity index (χ4n) is 1.52. The van der Waals surface area contributed by atoms with Crippen LogP contribution in [0.5, 0.6) is 0 Å². The van der Waals surface area contributed by atoms with Crippen LogP contribution in [0.1, 0.15) is 21.6 Å². The number of anilines is 1. The number of hydrogen-bond acceptors (Lipinski definition) is 4. The van der Waals surface area contributed by atoms with E-state index in [2.05, 4.69) is 15.3 Å². The van der Waals surface area contributed by atoms with Crippen molar-refractivity contribution in [1.29, 1.82) is 0 Å². The van der Waals surface area contributed by atoms with Crippen molar-refractivity contribution in [3.8, 4) is 0 Å². The average Bonchev–Trinajstić information content (AvgIpc) is 2.38. The minimum atomic E-state index is -1.02. The van der Waals surface area contributed by atoms with Gasteiger partial charge in [-0.25, -0.2) is 9.78 Å². The van der Waals surface area contributed by atoms with Crippen molar-refractivity contribution in [3.05, 3.63) is 53.6 Å². The zero-order chi connectivity index (χ0) is 13.0. The third kappa shape index (κ3) is 2.82. The van der Waals surface area contributed by atoms with Gasteiger partial charge in [0.25, 0.3) is 0 Å². The van der Waals surface area contributed by atoms with Gasteiger partial charge in [-0.2, -0.15) is 0 Å². The number of rotatable bonds is 4. The Balaban J connectivity index is 2.02. The molecule has 18 heavy (non-hydrogen) atoms. The first-order chi connectivity index (χ1) is 8.66. The molecule has 0 aliphatic carbocycles. The van der Waals surface area contributed by atoms with Crippen molar-refractivity contribution in [2.45, 2.75) is 13.5 Å². The molecule has 0 aromatic carbocycles. The predicted molar refractivity (Wildman–Crippen MR) is 67.5 cm³/mol. The molecule has 0 amide bonds. The second-order valence-electron chi connectivity index (χ2n) is 3.89. The van der Waals surface area contributed by atoms with Crippen molar-refractivity contribution >= 4 is 11.7 Å². The molecule has 0 radical (unpaired) electrons. The SMILES string of the molecule is Cc1cnccc1CNc1ccc(C(=O)O)nc1. The molecule has 92 valence electrons. The van der Waals surface area contributed by atoms with Crippen molar-refractivity contribution in [1.82, 2.24) is 9.97 Å². The lowest BCUT2D eigenvalue weighted by Gasteiger charge is -2.08. The van der Waals surface area contributed by atoms with Gasteiger partial charge >= 0.3 is 5.97 Å². The largest absolute Gasteiger partial charge is 0.477 e. The van der Waals surface area contributed by atoms with E-state index >= 15 is 0 Å². The number of hydrogen-bond donors (Lipinski definition) is 2. The average molecular weight is 243 g/mol. The van der Waals surface area contributed by atoms with Crippen molar-refractivity contribution in [2.24, 2.45) is 0 Å². The fourth-order valence-corrected chi connectivity index (χ4v) is 1.52. The maximum absolute atomic E-state index is 10.6. The van der Waals surface area contributed by atoms with Crippen LogP contribution in [0, 0.1) is 6.92 Å². The highest BCUT2D eigenvalue weighted by Gasteiger charge is 2.03. The normalized spacial score (nSPS) is 10.1. The van der Waals surface area contributed by atoms with Crippen LogP contribution in [0.15, 0.2) is 36.8 Å². The number of nitrogens with zero attached hydrogens (tertiary/aromatic N) is 2. The van der Waals surface area contributed by atoms with Crippen LogP contribution in [0.3, 0.4) is 0 Å². The summed E-state index contributed by atoms with van der Waals surface area (Å²) in [7, 11) is 0. The molecule has 0 saturated heterocycles. The molecule has 5 heteroatoms. The Hall–Kier alpha value is -2.43. The first-order valence-electron chi connectivity index (χ1n) is 5.49. The van der Waals surface area contributed by atoms with Gasteiger partial charge in [0.1, 0.15) is 5.69 Å². The number of aromatic nitrogens is 2. The highest BCUT2D eigenvalue weighted by molar-refractivity contribution is 5.85. The summed E-state index contributed by atoms with van der Waals surface area (Å²) in [4.78, 5) is 18.5. The maximum Gasteiger partial charge on any atom is 0.354 e. The van der Waals surface area contributed by atoms with E-state index in [9.17, 15) is 4.79 Å². The molecular weight excluding hydrogens is 230 g/mol. The van der Waals surface area contributed by atoms with E-state index in [-0.39, 0.29) is 5.69 Å². The van der Waals surface area contributed by atoms with E-state index < -0.39 is 5.97 Å². The molecule has 2 rings (SSSR count). The Bertz CT molecular complexity index is 552. The lowest BCUT2D eigenvalue weighted by atomic mass is 10.1. The Labute approximate surface area is 105 Å². The summed E-state index contributed by atoms with van der Waals surface area (Å²) in [5, 5.41) is 11.9. The molecule has 2 aromatic rings. The third-order valence-electron chi connectivity index (χ3n) is 2.60. The molecule has 0 spiro atoms. The van der Waals surface area contributed by atoms with Crippen molar-refractivity contribution in [3.63, 3.8) is 0 Å². The van der Waals surface area contributed by atoms with E-state index in [1.165, 1.54) is 12.3 Å². The fraction of sp³-hybridized carbons (Fsp3) is 0.154. The first-order valence-corrected chi connectivity index (χ1v) is 5.49. The molecule has 2 aromatic heterocycles. The molecule has 0 fully saturated rings.